The summed E-state index contributed by atoms with van der Waals surface area (Å²) in [4.78, 5) is 28.7. The number of nitrogens with zero attached hydrogens (tertiary/aromatic N) is 4. The van der Waals surface area contributed by atoms with Crippen LogP contribution in [0.2, 0.25) is 0 Å². The van der Waals surface area contributed by atoms with Crippen molar-refractivity contribution in [2.24, 2.45) is 5.92 Å². The molecule has 1 aliphatic heterocycles. The van der Waals surface area contributed by atoms with E-state index in [-0.39, 0.29) is 11.8 Å². The minimum absolute atomic E-state index is 0.0857. The van der Waals surface area contributed by atoms with E-state index in [9.17, 15) is 9.59 Å². The molecule has 1 aromatic heterocycles. The molecule has 0 aromatic carbocycles. The van der Waals surface area contributed by atoms with Gasteiger partial charge in [0, 0.05) is 51.4 Å². The number of piperazine rings is 1. The Kier molecular flexibility index (Phi) is 9.14. The van der Waals surface area contributed by atoms with Crippen molar-refractivity contribution in [1.82, 2.24) is 24.9 Å². The summed E-state index contributed by atoms with van der Waals surface area (Å²) in [5.41, 5.74) is 3.43. The van der Waals surface area contributed by atoms with Crippen LogP contribution in [-0.4, -0.2) is 70.7 Å². The molecule has 1 aliphatic rings. The zero-order valence-corrected chi connectivity index (χ0v) is 19.0. The van der Waals surface area contributed by atoms with E-state index in [2.05, 4.69) is 47.7 Å². The molecule has 164 valence electrons. The van der Waals surface area contributed by atoms with Gasteiger partial charge in [0.05, 0.1) is 12.2 Å². The van der Waals surface area contributed by atoms with Gasteiger partial charge < -0.3 is 10.2 Å². The van der Waals surface area contributed by atoms with Gasteiger partial charge in [-0.3, -0.25) is 19.2 Å². The molecule has 1 fully saturated rings. The maximum atomic E-state index is 12.7. The van der Waals surface area contributed by atoms with Crippen LogP contribution in [0.15, 0.2) is 0 Å². The van der Waals surface area contributed by atoms with Crippen molar-refractivity contribution in [2.75, 3.05) is 39.3 Å². The molecule has 1 saturated heterocycles. The summed E-state index contributed by atoms with van der Waals surface area (Å²) in [6.07, 6.45) is 3.36. The summed E-state index contributed by atoms with van der Waals surface area (Å²) in [5, 5.41) is 7.61. The van der Waals surface area contributed by atoms with E-state index in [4.69, 9.17) is 0 Å². The molecular formula is C22H39N5O2. The lowest BCUT2D eigenvalue weighted by Crippen LogP contribution is -2.51. The molecule has 7 heteroatoms. The Morgan fingerprint density at radius 1 is 1.14 bits per heavy atom. The molecular weight excluding hydrogens is 366 g/mol. The van der Waals surface area contributed by atoms with Gasteiger partial charge in [-0.05, 0) is 38.2 Å². The number of aromatic nitrogens is 2. The van der Waals surface area contributed by atoms with E-state index >= 15 is 0 Å². The number of unbranched alkanes of at least 4 members (excludes halogenated alkanes) is 1. The predicted molar refractivity (Wildman–Crippen MR) is 116 cm³/mol. The van der Waals surface area contributed by atoms with Crippen LogP contribution in [0.1, 0.15) is 57.0 Å². The third kappa shape index (κ3) is 7.14. The van der Waals surface area contributed by atoms with Gasteiger partial charge in [-0.2, -0.15) is 5.10 Å². The van der Waals surface area contributed by atoms with Crippen molar-refractivity contribution in [3.05, 3.63) is 17.0 Å². The highest BCUT2D eigenvalue weighted by atomic mass is 16.2. The number of carbonyl (C=O) groups is 2. The minimum atomic E-state index is 0.0857. The topological polar surface area (TPSA) is 70.5 Å². The van der Waals surface area contributed by atoms with E-state index in [1.165, 1.54) is 11.3 Å². The zero-order chi connectivity index (χ0) is 21.4. The van der Waals surface area contributed by atoms with Gasteiger partial charge in [-0.1, -0.05) is 27.2 Å². The van der Waals surface area contributed by atoms with Crippen LogP contribution in [0, 0.1) is 19.8 Å². The Morgan fingerprint density at radius 3 is 2.45 bits per heavy atom. The zero-order valence-electron chi connectivity index (χ0n) is 19.0. The molecule has 2 rings (SSSR count). The van der Waals surface area contributed by atoms with E-state index in [1.54, 1.807) is 0 Å². The van der Waals surface area contributed by atoms with Gasteiger partial charge in [0.15, 0.2) is 0 Å². The summed E-state index contributed by atoms with van der Waals surface area (Å²) in [6.45, 7) is 15.6. The minimum Gasteiger partial charge on any atom is -0.355 e. The Hall–Kier alpha value is -1.89. The van der Waals surface area contributed by atoms with Crippen molar-refractivity contribution < 1.29 is 9.59 Å². The molecule has 0 atom stereocenters. The maximum Gasteiger partial charge on any atom is 0.234 e. The Balaban J connectivity index is 1.76. The quantitative estimate of drug-likeness (QED) is 0.606. The van der Waals surface area contributed by atoms with Gasteiger partial charge in [0.25, 0.3) is 0 Å². The first kappa shape index (κ1) is 23.4. The number of hydrogen-bond acceptors (Lipinski definition) is 4. The van der Waals surface area contributed by atoms with Crippen molar-refractivity contribution in [2.45, 2.75) is 66.8 Å². The van der Waals surface area contributed by atoms with Crippen LogP contribution in [0.4, 0.5) is 0 Å². The summed E-state index contributed by atoms with van der Waals surface area (Å²) in [5.74, 6) is 0.836. The number of carbonyl (C=O) groups excluding carboxylic acids is 2. The smallest absolute Gasteiger partial charge is 0.234 e. The van der Waals surface area contributed by atoms with Crippen LogP contribution in [0.3, 0.4) is 0 Å². The summed E-state index contributed by atoms with van der Waals surface area (Å²) >= 11 is 0. The standard InChI is InChI=1S/C22H39N5O2/c1-6-7-10-23-21(28)16-25-11-13-26(14-12-25)22(29)9-8-20-18(4)24-27(19(20)5)15-17(2)3/h17H,6-16H2,1-5H3,(H,23,28). The average molecular weight is 406 g/mol. The van der Waals surface area contributed by atoms with E-state index < -0.39 is 0 Å². The maximum absolute atomic E-state index is 12.7. The van der Waals surface area contributed by atoms with Gasteiger partial charge in [-0.25, -0.2) is 0 Å². The molecule has 2 amide bonds. The van der Waals surface area contributed by atoms with E-state index in [1.807, 2.05) is 11.8 Å². The number of nitrogens with one attached hydrogen (secondary N) is 1. The molecule has 0 unspecified atom stereocenters. The lowest BCUT2D eigenvalue weighted by atomic mass is 10.1. The lowest BCUT2D eigenvalue weighted by molar-refractivity contribution is -0.133. The molecule has 0 bridgehead atoms. The monoisotopic (exact) mass is 405 g/mol. The molecule has 0 aliphatic carbocycles. The number of rotatable bonds is 10. The van der Waals surface area contributed by atoms with Crippen LogP contribution in [0.25, 0.3) is 0 Å². The Morgan fingerprint density at radius 2 is 1.83 bits per heavy atom. The first-order valence-corrected chi connectivity index (χ1v) is 11.1. The molecule has 0 saturated carbocycles. The summed E-state index contributed by atoms with van der Waals surface area (Å²) < 4.78 is 2.07. The van der Waals surface area contributed by atoms with E-state index in [0.717, 1.165) is 51.1 Å². The van der Waals surface area contributed by atoms with Crippen LogP contribution in [-0.2, 0) is 22.6 Å². The molecule has 1 N–H and O–H groups in total. The fourth-order valence-corrected chi connectivity index (χ4v) is 3.83. The van der Waals surface area contributed by atoms with Crippen molar-refractivity contribution in [3.63, 3.8) is 0 Å². The number of hydrogen-bond donors (Lipinski definition) is 1. The molecule has 7 nitrogen and oxygen atoms in total. The van der Waals surface area contributed by atoms with Crippen LogP contribution in [0.5, 0.6) is 0 Å². The fourth-order valence-electron chi connectivity index (χ4n) is 3.83. The number of amides is 2. The van der Waals surface area contributed by atoms with Crippen LogP contribution >= 0.6 is 0 Å². The van der Waals surface area contributed by atoms with Crippen molar-refractivity contribution in [1.29, 1.82) is 0 Å². The molecule has 0 spiro atoms. The largest absolute Gasteiger partial charge is 0.355 e. The number of aryl methyl sites for hydroxylation is 1. The summed E-state index contributed by atoms with van der Waals surface area (Å²) in [7, 11) is 0. The lowest BCUT2D eigenvalue weighted by Gasteiger charge is -2.34. The average Bonchev–Trinajstić information content (AvgIpc) is 2.93. The fraction of sp³-hybridized carbons (Fsp3) is 0.773. The molecule has 2 heterocycles. The van der Waals surface area contributed by atoms with E-state index in [0.29, 0.717) is 32.0 Å². The second-order valence-electron chi connectivity index (χ2n) is 8.59. The second-order valence-corrected chi connectivity index (χ2v) is 8.59. The SMILES string of the molecule is CCCCNC(=O)CN1CCN(C(=O)CCc2c(C)nn(CC(C)C)c2C)CC1. The van der Waals surface area contributed by atoms with Gasteiger partial charge >= 0.3 is 0 Å². The first-order chi connectivity index (χ1) is 13.8. The Bertz CT molecular complexity index is 675. The highest BCUT2D eigenvalue weighted by Crippen LogP contribution is 2.17. The third-order valence-corrected chi connectivity index (χ3v) is 5.60. The molecule has 0 radical (unpaired) electrons. The third-order valence-electron chi connectivity index (χ3n) is 5.60. The van der Waals surface area contributed by atoms with Crippen molar-refractivity contribution in [3.8, 4) is 0 Å². The summed E-state index contributed by atoms with van der Waals surface area (Å²) in [6, 6.07) is 0. The molecule has 29 heavy (non-hydrogen) atoms. The predicted octanol–water partition coefficient (Wildman–Crippen LogP) is 2.15. The normalized spacial score (nSPS) is 15.2. The van der Waals surface area contributed by atoms with Crippen LogP contribution < -0.4 is 5.32 Å². The molecule has 1 aromatic rings. The second kappa shape index (κ2) is 11.3. The van der Waals surface area contributed by atoms with Gasteiger partial charge in [0.2, 0.25) is 11.8 Å². The Labute approximate surface area is 175 Å². The first-order valence-electron chi connectivity index (χ1n) is 11.1. The van der Waals surface area contributed by atoms with Gasteiger partial charge in [-0.15, -0.1) is 0 Å². The highest BCUT2D eigenvalue weighted by Gasteiger charge is 2.23. The highest BCUT2D eigenvalue weighted by molar-refractivity contribution is 5.78. The van der Waals surface area contributed by atoms with Crippen molar-refractivity contribution >= 4 is 11.8 Å². The van der Waals surface area contributed by atoms with Gasteiger partial charge in [0.1, 0.15) is 0 Å².